The van der Waals surface area contributed by atoms with E-state index in [4.69, 9.17) is 4.74 Å². The molecule has 18 heavy (non-hydrogen) atoms. The molecule has 1 amide bonds. The van der Waals surface area contributed by atoms with E-state index >= 15 is 0 Å². The summed E-state index contributed by atoms with van der Waals surface area (Å²) >= 11 is 0. The minimum Gasteiger partial charge on any atom is -0.378 e. The van der Waals surface area contributed by atoms with Gasteiger partial charge in [-0.05, 0) is 45.7 Å². The maximum Gasteiger partial charge on any atom is 0.220 e. The quantitative estimate of drug-likeness (QED) is 0.748. The minimum atomic E-state index is 0. The maximum absolute atomic E-state index is 11.8. The highest BCUT2D eigenvalue weighted by molar-refractivity contribution is 5.85. The molecular weight excluding hydrogens is 252 g/mol. The van der Waals surface area contributed by atoms with Crippen molar-refractivity contribution in [2.45, 2.75) is 50.7 Å². The Morgan fingerprint density at radius 3 is 2.94 bits per heavy atom. The van der Waals surface area contributed by atoms with Gasteiger partial charge in [-0.15, -0.1) is 12.4 Å². The van der Waals surface area contributed by atoms with E-state index in [1.165, 1.54) is 12.8 Å². The first-order valence-electron chi connectivity index (χ1n) is 6.87. The predicted molar refractivity (Wildman–Crippen MR) is 74.0 cm³/mol. The van der Waals surface area contributed by atoms with E-state index in [1.54, 1.807) is 0 Å². The second-order valence-electron chi connectivity index (χ2n) is 5.17. The number of ether oxygens (including phenoxy) is 1. The van der Waals surface area contributed by atoms with Gasteiger partial charge in [-0.1, -0.05) is 0 Å². The van der Waals surface area contributed by atoms with Crippen LogP contribution >= 0.6 is 12.4 Å². The molecule has 4 nitrogen and oxygen atoms in total. The van der Waals surface area contributed by atoms with Crippen molar-refractivity contribution in [1.82, 2.24) is 10.6 Å². The highest BCUT2D eigenvalue weighted by Gasteiger charge is 2.37. The Hall–Kier alpha value is -0.320. The van der Waals surface area contributed by atoms with Gasteiger partial charge in [0.25, 0.3) is 0 Å². The Kier molecular flexibility index (Phi) is 6.97. The molecular formula is C13H25ClN2O2. The number of hydrogen-bond donors (Lipinski definition) is 2. The molecule has 0 aromatic carbocycles. The van der Waals surface area contributed by atoms with Crippen molar-refractivity contribution in [1.29, 1.82) is 0 Å². The van der Waals surface area contributed by atoms with Crippen LogP contribution in [0.2, 0.25) is 0 Å². The lowest BCUT2D eigenvalue weighted by Crippen LogP contribution is -2.45. The van der Waals surface area contributed by atoms with Crippen LogP contribution in [0.1, 0.15) is 38.5 Å². The SMILES string of the molecule is CNCCCC(=O)NC1CCCC2OCCC12.Cl. The monoisotopic (exact) mass is 276 g/mol. The summed E-state index contributed by atoms with van der Waals surface area (Å²) in [6.45, 7) is 1.79. The fraction of sp³-hybridized carbons (Fsp3) is 0.923. The van der Waals surface area contributed by atoms with Gasteiger partial charge in [0, 0.05) is 25.0 Å². The zero-order valence-electron chi connectivity index (χ0n) is 11.1. The molecule has 1 saturated heterocycles. The molecule has 5 heteroatoms. The standard InChI is InChI=1S/C13H24N2O2.ClH/c1-14-8-3-6-13(16)15-11-4-2-5-12-10(11)7-9-17-12;/h10-12,14H,2-9H2,1H3,(H,15,16);1H. The Morgan fingerprint density at radius 1 is 1.33 bits per heavy atom. The smallest absolute Gasteiger partial charge is 0.220 e. The number of amides is 1. The Balaban J connectivity index is 0.00000162. The van der Waals surface area contributed by atoms with Crippen molar-refractivity contribution in [2.24, 2.45) is 5.92 Å². The zero-order valence-corrected chi connectivity index (χ0v) is 11.9. The van der Waals surface area contributed by atoms with Gasteiger partial charge in [-0.3, -0.25) is 4.79 Å². The van der Waals surface area contributed by atoms with Crippen LogP contribution in [0.4, 0.5) is 0 Å². The summed E-state index contributed by atoms with van der Waals surface area (Å²) in [5.41, 5.74) is 0. The minimum absolute atomic E-state index is 0. The molecule has 2 rings (SSSR count). The lowest BCUT2D eigenvalue weighted by molar-refractivity contribution is -0.122. The number of halogens is 1. The number of nitrogens with one attached hydrogen (secondary N) is 2. The summed E-state index contributed by atoms with van der Waals surface area (Å²) in [4.78, 5) is 11.8. The second-order valence-corrected chi connectivity index (χ2v) is 5.17. The number of rotatable bonds is 5. The van der Waals surface area contributed by atoms with Crippen molar-refractivity contribution < 1.29 is 9.53 Å². The molecule has 0 aromatic rings. The molecule has 0 spiro atoms. The summed E-state index contributed by atoms with van der Waals surface area (Å²) in [6, 6.07) is 0.360. The molecule has 3 atom stereocenters. The van der Waals surface area contributed by atoms with Gasteiger partial charge < -0.3 is 15.4 Å². The third kappa shape index (κ3) is 4.11. The predicted octanol–water partition coefficient (Wildman–Crippen LogP) is 1.48. The number of fused-ring (bicyclic) bond motifs is 1. The molecule has 1 aliphatic heterocycles. The van der Waals surface area contributed by atoms with Crippen molar-refractivity contribution in [3.63, 3.8) is 0 Å². The summed E-state index contributed by atoms with van der Waals surface area (Å²) in [6.07, 6.45) is 6.56. The summed E-state index contributed by atoms with van der Waals surface area (Å²) in [5, 5.41) is 6.27. The average molecular weight is 277 g/mol. The first-order valence-corrected chi connectivity index (χ1v) is 6.87. The molecule has 2 N–H and O–H groups in total. The van der Waals surface area contributed by atoms with Gasteiger partial charge in [-0.2, -0.15) is 0 Å². The van der Waals surface area contributed by atoms with Crippen LogP contribution < -0.4 is 10.6 Å². The number of carbonyl (C=O) groups excluding carboxylic acids is 1. The van der Waals surface area contributed by atoms with Gasteiger partial charge in [0.1, 0.15) is 0 Å². The Labute approximate surface area is 116 Å². The normalized spacial score (nSPS) is 30.4. The molecule has 1 heterocycles. The third-order valence-corrected chi connectivity index (χ3v) is 3.96. The van der Waals surface area contributed by atoms with E-state index in [0.717, 1.165) is 32.4 Å². The molecule has 2 aliphatic rings. The van der Waals surface area contributed by atoms with Crippen LogP contribution in [-0.4, -0.2) is 38.3 Å². The van der Waals surface area contributed by atoms with Crippen LogP contribution in [0.15, 0.2) is 0 Å². The van der Waals surface area contributed by atoms with Crippen molar-refractivity contribution >= 4 is 18.3 Å². The summed E-state index contributed by atoms with van der Waals surface area (Å²) in [7, 11) is 1.92. The van der Waals surface area contributed by atoms with Gasteiger partial charge in [0.05, 0.1) is 6.10 Å². The lowest BCUT2D eigenvalue weighted by Gasteiger charge is -2.33. The van der Waals surface area contributed by atoms with Crippen LogP contribution in [0.3, 0.4) is 0 Å². The third-order valence-electron chi connectivity index (χ3n) is 3.96. The van der Waals surface area contributed by atoms with E-state index in [0.29, 0.717) is 24.5 Å². The topological polar surface area (TPSA) is 50.4 Å². The van der Waals surface area contributed by atoms with Crippen LogP contribution in [0, 0.1) is 5.92 Å². The van der Waals surface area contributed by atoms with Crippen molar-refractivity contribution in [2.75, 3.05) is 20.2 Å². The summed E-state index contributed by atoms with van der Waals surface area (Å²) < 4.78 is 5.71. The van der Waals surface area contributed by atoms with Gasteiger partial charge in [-0.25, -0.2) is 0 Å². The summed E-state index contributed by atoms with van der Waals surface area (Å²) in [5.74, 6) is 0.773. The van der Waals surface area contributed by atoms with Gasteiger partial charge in [0.15, 0.2) is 0 Å². The van der Waals surface area contributed by atoms with E-state index in [1.807, 2.05) is 7.05 Å². The molecule has 1 saturated carbocycles. The Bertz CT molecular complexity index is 263. The van der Waals surface area contributed by atoms with Gasteiger partial charge >= 0.3 is 0 Å². The molecule has 0 bridgehead atoms. The van der Waals surface area contributed by atoms with E-state index < -0.39 is 0 Å². The number of carbonyl (C=O) groups is 1. The molecule has 0 aromatic heterocycles. The fourth-order valence-electron chi connectivity index (χ4n) is 3.06. The highest BCUT2D eigenvalue weighted by Crippen LogP contribution is 2.34. The van der Waals surface area contributed by atoms with Crippen LogP contribution in [0.5, 0.6) is 0 Å². The molecule has 3 unspecified atom stereocenters. The lowest BCUT2D eigenvalue weighted by atomic mass is 9.82. The maximum atomic E-state index is 11.8. The highest BCUT2D eigenvalue weighted by atomic mass is 35.5. The van der Waals surface area contributed by atoms with Crippen molar-refractivity contribution in [3.05, 3.63) is 0 Å². The largest absolute Gasteiger partial charge is 0.378 e. The zero-order chi connectivity index (χ0) is 12.1. The van der Waals surface area contributed by atoms with Crippen LogP contribution in [-0.2, 0) is 9.53 Å². The fourth-order valence-corrected chi connectivity index (χ4v) is 3.06. The molecule has 2 fully saturated rings. The second kappa shape index (κ2) is 7.97. The van der Waals surface area contributed by atoms with Crippen molar-refractivity contribution in [3.8, 4) is 0 Å². The van der Waals surface area contributed by atoms with E-state index in [2.05, 4.69) is 10.6 Å². The first kappa shape index (κ1) is 15.7. The van der Waals surface area contributed by atoms with Gasteiger partial charge in [0.2, 0.25) is 5.91 Å². The first-order chi connectivity index (χ1) is 8.31. The number of hydrogen-bond acceptors (Lipinski definition) is 3. The molecule has 1 aliphatic carbocycles. The molecule has 106 valence electrons. The molecule has 0 radical (unpaired) electrons. The van der Waals surface area contributed by atoms with E-state index in [-0.39, 0.29) is 18.3 Å². The Morgan fingerprint density at radius 2 is 2.17 bits per heavy atom. The van der Waals surface area contributed by atoms with E-state index in [9.17, 15) is 4.79 Å². The van der Waals surface area contributed by atoms with Crippen LogP contribution in [0.25, 0.3) is 0 Å². The average Bonchev–Trinajstić information content (AvgIpc) is 2.78.